The van der Waals surface area contributed by atoms with E-state index in [1.165, 1.54) is 6.08 Å². The predicted molar refractivity (Wildman–Crippen MR) is 67.3 cm³/mol. The van der Waals surface area contributed by atoms with Crippen LogP contribution in [0.15, 0.2) is 23.6 Å². The Hall–Kier alpha value is -1.13. The van der Waals surface area contributed by atoms with Crippen molar-refractivity contribution in [3.63, 3.8) is 0 Å². The van der Waals surface area contributed by atoms with E-state index in [2.05, 4.69) is 5.32 Å². The molecule has 1 amide bonds. The largest absolute Gasteiger partial charge is 0.393 e. The maximum atomic E-state index is 11.5. The molecular weight excluding hydrogens is 222 g/mol. The summed E-state index contributed by atoms with van der Waals surface area (Å²) in [6.45, 7) is 3.59. The standard InChI is InChI=1S/C12H17NO2S/c1-9(8-10(2)14)13-12(15)6-5-11-4-3-7-16-11/h3-7,9-10,14H,8H2,1-2H3,(H,13,15)/b6-5+. The summed E-state index contributed by atoms with van der Waals surface area (Å²) in [6, 6.07) is 3.88. The number of carbonyl (C=O) groups excluding carboxylic acids is 1. The van der Waals surface area contributed by atoms with Gasteiger partial charge in [0.1, 0.15) is 0 Å². The lowest BCUT2D eigenvalue weighted by molar-refractivity contribution is -0.117. The first-order chi connectivity index (χ1) is 7.58. The van der Waals surface area contributed by atoms with Gasteiger partial charge < -0.3 is 10.4 Å². The lowest BCUT2D eigenvalue weighted by Gasteiger charge is -2.13. The molecule has 0 saturated heterocycles. The Morgan fingerprint density at radius 2 is 2.38 bits per heavy atom. The number of aliphatic hydroxyl groups excluding tert-OH is 1. The number of hydrogen-bond donors (Lipinski definition) is 2. The van der Waals surface area contributed by atoms with Gasteiger partial charge in [0.2, 0.25) is 5.91 Å². The third kappa shape index (κ3) is 5.09. The van der Waals surface area contributed by atoms with Crippen LogP contribution in [0.2, 0.25) is 0 Å². The molecule has 2 atom stereocenters. The van der Waals surface area contributed by atoms with Gasteiger partial charge in [-0.25, -0.2) is 0 Å². The SMILES string of the molecule is CC(O)CC(C)NC(=O)/C=C/c1cccs1. The number of amides is 1. The van der Waals surface area contributed by atoms with Crippen molar-refractivity contribution < 1.29 is 9.90 Å². The van der Waals surface area contributed by atoms with E-state index < -0.39 is 6.10 Å². The highest BCUT2D eigenvalue weighted by molar-refractivity contribution is 7.10. The van der Waals surface area contributed by atoms with Crippen molar-refractivity contribution in [3.05, 3.63) is 28.5 Å². The molecule has 2 N–H and O–H groups in total. The molecule has 0 aliphatic heterocycles. The number of nitrogens with one attached hydrogen (secondary N) is 1. The van der Waals surface area contributed by atoms with Crippen LogP contribution in [0.25, 0.3) is 6.08 Å². The van der Waals surface area contributed by atoms with E-state index in [0.29, 0.717) is 6.42 Å². The van der Waals surface area contributed by atoms with Crippen LogP contribution in [0, 0.1) is 0 Å². The number of aliphatic hydroxyl groups is 1. The van der Waals surface area contributed by atoms with Gasteiger partial charge in [-0.15, -0.1) is 11.3 Å². The summed E-state index contributed by atoms with van der Waals surface area (Å²) >= 11 is 1.59. The normalized spacial score (nSPS) is 14.9. The minimum Gasteiger partial charge on any atom is -0.393 e. The molecule has 88 valence electrons. The van der Waals surface area contributed by atoms with Gasteiger partial charge in [-0.3, -0.25) is 4.79 Å². The van der Waals surface area contributed by atoms with E-state index in [9.17, 15) is 4.79 Å². The maximum Gasteiger partial charge on any atom is 0.244 e. The van der Waals surface area contributed by atoms with Crippen LogP contribution >= 0.6 is 11.3 Å². The summed E-state index contributed by atoms with van der Waals surface area (Å²) in [5.74, 6) is -0.124. The molecule has 0 saturated carbocycles. The van der Waals surface area contributed by atoms with Crippen molar-refractivity contribution in [2.45, 2.75) is 32.4 Å². The first-order valence-corrected chi connectivity index (χ1v) is 6.16. The molecule has 0 bridgehead atoms. The number of hydrogen-bond acceptors (Lipinski definition) is 3. The summed E-state index contributed by atoms with van der Waals surface area (Å²) in [5, 5.41) is 13.9. The molecule has 1 rings (SSSR count). The van der Waals surface area contributed by atoms with Crippen LogP contribution in [0.5, 0.6) is 0 Å². The highest BCUT2D eigenvalue weighted by Gasteiger charge is 2.07. The second-order valence-electron chi connectivity index (χ2n) is 3.84. The van der Waals surface area contributed by atoms with Gasteiger partial charge in [0.05, 0.1) is 6.10 Å². The highest BCUT2D eigenvalue weighted by Crippen LogP contribution is 2.09. The molecule has 0 spiro atoms. The fraction of sp³-hybridized carbons (Fsp3) is 0.417. The zero-order valence-electron chi connectivity index (χ0n) is 9.51. The summed E-state index contributed by atoms with van der Waals surface area (Å²) in [4.78, 5) is 12.5. The predicted octanol–water partition coefficient (Wildman–Crippen LogP) is 2.04. The van der Waals surface area contributed by atoms with Crippen LogP contribution in [-0.4, -0.2) is 23.2 Å². The number of carbonyl (C=O) groups is 1. The fourth-order valence-electron chi connectivity index (χ4n) is 1.41. The average Bonchev–Trinajstić information content (AvgIpc) is 2.65. The van der Waals surface area contributed by atoms with E-state index in [0.717, 1.165) is 4.88 Å². The van der Waals surface area contributed by atoms with Gasteiger partial charge in [0.25, 0.3) is 0 Å². The molecule has 4 heteroatoms. The molecule has 0 aliphatic rings. The Labute approximate surface area is 99.8 Å². The van der Waals surface area contributed by atoms with Gasteiger partial charge in [0, 0.05) is 17.0 Å². The van der Waals surface area contributed by atoms with Crippen molar-refractivity contribution in [1.29, 1.82) is 0 Å². The van der Waals surface area contributed by atoms with Crippen LogP contribution in [0.1, 0.15) is 25.1 Å². The van der Waals surface area contributed by atoms with Crippen LogP contribution in [0.4, 0.5) is 0 Å². The topological polar surface area (TPSA) is 49.3 Å². The number of rotatable bonds is 5. The van der Waals surface area contributed by atoms with E-state index in [1.807, 2.05) is 24.4 Å². The Morgan fingerprint density at radius 1 is 1.62 bits per heavy atom. The van der Waals surface area contributed by atoms with Crippen LogP contribution in [0.3, 0.4) is 0 Å². The molecule has 1 aromatic rings. The average molecular weight is 239 g/mol. The molecule has 0 fully saturated rings. The molecule has 1 aromatic heterocycles. The van der Waals surface area contributed by atoms with E-state index in [1.54, 1.807) is 24.3 Å². The minimum atomic E-state index is -0.392. The summed E-state index contributed by atoms with van der Waals surface area (Å²) in [6.07, 6.45) is 3.48. The van der Waals surface area contributed by atoms with Crippen LogP contribution < -0.4 is 5.32 Å². The van der Waals surface area contributed by atoms with Gasteiger partial charge >= 0.3 is 0 Å². The molecule has 0 radical (unpaired) electrons. The first-order valence-electron chi connectivity index (χ1n) is 5.28. The molecule has 3 nitrogen and oxygen atoms in total. The molecule has 16 heavy (non-hydrogen) atoms. The zero-order chi connectivity index (χ0) is 12.0. The quantitative estimate of drug-likeness (QED) is 0.772. The third-order valence-electron chi connectivity index (χ3n) is 2.03. The van der Waals surface area contributed by atoms with E-state index >= 15 is 0 Å². The van der Waals surface area contributed by atoms with Gasteiger partial charge in [-0.1, -0.05) is 6.07 Å². The Bertz CT molecular complexity index is 344. The minimum absolute atomic E-state index is 0.0134. The molecular formula is C12H17NO2S. The van der Waals surface area contributed by atoms with Crippen molar-refractivity contribution in [2.75, 3.05) is 0 Å². The fourth-order valence-corrected chi connectivity index (χ4v) is 2.02. The Kier molecular flexibility index (Phi) is 5.22. The Balaban J connectivity index is 2.36. The third-order valence-corrected chi connectivity index (χ3v) is 2.86. The smallest absolute Gasteiger partial charge is 0.244 e. The van der Waals surface area contributed by atoms with Gasteiger partial charge in [-0.2, -0.15) is 0 Å². The molecule has 1 heterocycles. The van der Waals surface area contributed by atoms with Crippen molar-refractivity contribution in [3.8, 4) is 0 Å². The first kappa shape index (κ1) is 12.9. The van der Waals surface area contributed by atoms with Crippen molar-refractivity contribution in [2.24, 2.45) is 0 Å². The number of thiophene rings is 1. The Morgan fingerprint density at radius 3 is 2.94 bits per heavy atom. The van der Waals surface area contributed by atoms with Crippen LogP contribution in [-0.2, 0) is 4.79 Å². The lowest BCUT2D eigenvalue weighted by atomic mass is 10.1. The zero-order valence-corrected chi connectivity index (χ0v) is 10.3. The lowest BCUT2D eigenvalue weighted by Crippen LogP contribution is -2.33. The molecule has 2 unspecified atom stereocenters. The summed E-state index contributed by atoms with van der Waals surface area (Å²) in [5.41, 5.74) is 0. The maximum absolute atomic E-state index is 11.5. The van der Waals surface area contributed by atoms with E-state index in [4.69, 9.17) is 5.11 Å². The summed E-state index contributed by atoms with van der Waals surface area (Å²) < 4.78 is 0. The van der Waals surface area contributed by atoms with Gasteiger partial charge in [0.15, 0.2) is 0 Å². The molecule has 0 aromatic carbocycles. The van der Waals surface area contributed by atoms with E-state index in [-0.39, 0.29) is 11.9 Å². The monoisotopic (exact) mass is 239 g/mol. The molecule has 0 aliphatic carbocycles. The van der Waals surface area contributed by atoms with Crippen molar-refractivity contribution >= 4 is 23.3 Å². The second-order valence-corrected chi connectivity index (χ2v) is 4.82. The highest BCUT2D eigenvalue weighted by atomic mass is 32.1. The second kappa shape index (κ2) is 6.45. The van der Waals surface area contributed by atoms with Gasteiger partial charge in [-0.05, 0) is 37.8 Å². The van der Waals surface area contributed by atoms with Crippen molar-refractivity contribution in [1.82, 2.24) is 5.32 Å². The summed E-state index contributed by atoms with van der Waals surface area (Å²) in [7, 11) is 0.